The molecule has 1 N–H and O–H groups in total. The van der Waals surface area contributed by atoms with Gasteiger partial charge in [0.1, 0.15) is 6.10 Å². The third kappa shape index (κ3) is 1.93. The lowest BCUT2D eigenvalue weighted by Crippen LogP contribution is -2.18. The number of thiophene rings is 1. The van der Waals surface area contributed by atoms with Crippen molar-refractivity contribution in [1.29, 1.82) is 0 Å². The van der Waals surface area contributed by atoms with E-state index in [-0.39, 0.29) is 5.78 Å². The lowest BCUT2D eigenvalue weighted by Gasteiger charge is -2.03. The molecule has 0 amide bonds. The highest BCUT2D eigenvalue weighted by Crippen LogP contribution is 2.15. The fourth-order valence-electron chi connectivity index (χ4n) is 0.950. The van der Waals surface area contributed by atoms with Gasteiger partial charge < -0.3 is 5.11 Å². The van der Waals surface area contributed by atoms with E-state index in [1.807, 2.05) is 13.0 Å². The summed E-state index contributed by atoms with van der Waals surface area (Å²) in [7, 11) is 0. The number of hydrogen-bond donors (Lipinski definition) is 1. The molecular weight excluding hydrogens is 172 g/mol. The van der Waals surface area contributed by atoms with Gasteiger partial charge in [-0.05, 0) is 19.4 Å². The molecule has 0 aliphatic carbocycles. The Morgan fingerprint density at radius 3 is 2.83 bits per heavy atom. The number of carbonyl (C=O) groups excluding carboxylic acids is 1. The lowest BCUT2D eigenvalue weighted by molar-refractivity contribution is 0.0741. The normalized spacial score (nSPS) is 12.9. The Balaban J connectivity index is 2.78. The Labute approximate surface area is 75.9 Å². The summed E-state index contributed by atoms with van der Waals surface area (Å²) in [6.45, 7) is 3.74. The number of Topliss-reactive ketones (excluding diaryl/α,β-unsaturated/α-hetero) is 1. The second-order valence-electron chi connectivity index (χ2n) is 2.73. The fourth-order valence-corrected chi connectivity index (χ4v) is 1.64. The lowest BCUT2D eigenvalue weighted by atomic mass is 10.1. The van der Waals surface area contributed by atoms with Crippen LogP contribution in [0.3, 0.4) is 0 Å². The number of hydrogen-bond acceptors (Lipinski definition) is 3. The predicted octanol–water partition coefficient (Wildman–Crippen LogP) is 2.01. The highest BCUT2D eigenvalue weighted by molar-refractivity contribution is 7.10. The second kappa shape index (κ2) is 3.83. The Morgan fingerprint density at radius 1 is 1.75 bits per heavy atom. The van der Waals surface area contributed by atoms with Crippen molar-refractivity contribution in [1.82, 2.24) is 0 Å². The molecule has 1 rings (SSSR count). The molecule has 0 radical (unpaired) electrons. The Kier molecular flexibility index (Phi) is 3.00. The largest absolute Gasteiger partial charge is 0.385 e. The molecule has 3 heteroatoms. The maximum atomic E-state index is 11.3. The van der Waals surface area contributed by atoms with Gasteiger partial charge in [0.25, 0.3) is 0 Å². The van der Waals surface area contributed by atoms with Gasteiger partial charge in [-0.25, -0.2) is 0 Å². The van der Waals surface area contributed by atoms with Crippen LogP contribution in [0, 0.1) is 6.92 Å². The summed E-state index contributed by atoms with van der Waals surface area (Å²) in [6.07, 6.45) is -0.354. The molecule has 1 aromatic rings. The number of rotatable bonds is 3. The molecule has 12 heavy (non-hydrogen) atoms. The molecule has 0 spiro atoms. The van der Waals surface area contributed by atoms with Gasteiger partial charge in [0.15, 0.2) is 5.78 Å². The minimum atomic E-state index is -0.834. The Bertz CT molecular complexity index is 278. The topological polar surface area (TPSA) is 37.3 Å². The van der Waals surface area contributed by atoms with Gasteiger partial charge in [-0.2, -0.15) is 0 Å². The molecule has 1 unspecified atom stereocenters. The molecule has 0 saturated heterocycles. The summed E-state index contributed by atoms with van der Waals surface area (Å²) >= 11 is 1.53. The molecular formula is C9H12O2S. The molecule has 2 nitrogen and oxygen atoms in total. The standard InChI is InChI=1S/C9H12O2S/c1-3-8(10)9(11)7-4-6(2)12-5-7/h4-5,8,10H,3H2,1-2H3. The van der Waals surface area contributed by atoms with E-state index in [0.29, 0.717) is 12.0 Å². The van der Waals surface area contributed by atoms with Gasteiger partial charge in [0.05, 0.1) is 0 Å². The predicted molar refractivity (Wildman–Crippen MR) is 49.7 cm³/mol. The molecule has 0 bridgehead atoms. The van der Waals surface area contributed by atoms with Crippen molar-refractivity contribution in [3.63, 3.8) is 0 Å². The minimum absolute atomic E-state index is 0.165. The van der Waals surface area contributed by atoms with E-state index in [2.05, 4.69) is 0 Å². The van der Waals surface area contributed by atoms with Gasteiger partial charge in [0, 0.05) is 15.8 Å². The quantitative estimate of drug-likeness (QED) is 0.730. The van der Waals surface area contributed by atoms with E-state index in [1.165, 1.54) is 11.3 Å². The molecule has 0 saturated carbocycles. The number of aliphatic hydroxyl groups excluding tert-OH is 1. The average molecular weight is 184 g/mol. The van der Waals surface area contributed by atoms with Crippen molar-refractivity contribution in [2.45, 2.75) is 26.4 Å². The molecule has 0 aliphatic rings. The highest BCUT2D eigenvalue weighted by Gasteiger charge is 2.15. The van der Waals surface area contributed by atoms with Crippen molar-refractivity contribution in [2.24, 2.45) is 0 Å². The first-order chi connectivity index (χ1) is 5.65. The van der Waals surface area contributed by atoms with Gasteiger partial charge in [-0.3, -0.25) is 4.79 Å². The number of ketones is 1. The fraction of sp³-hybridized carbons (Fsp3) is 0.444. The van der Waals surface area contributed by atoms with Crippen LogP contribution in [0.5, 0.6) is 0 Å². The average Bonchev–Trinajstić information content (AvgIpc) is 2.49. The maximum absolute atomic E-state index is 11.3. The van der Waals surface area contributed by atoms with E-state index in [4.69, 9.17) is 0 Å². The van der Waals surface area contributed by atoms with Crippen molar-refractivity contribution in [3.8, 4) is 0 Å². The minimum Gasteiger partial charge on any atom is -0.385 e. The summed E-state index contributed by atoms with van der Waals surface area (Å²) in [6, 6.07) is 1.81. The zero-order chi connectivity index (χ0) is 9.14. The van der Waals surface area contributed by atoms with Gasteiger partial charge in [-0.15, -0.1) is 11.3 Å². The van der Waals surface area contributed by atoms with Crippen molar-refractivity contribution < 1.29 is 9.90 Å². The van der Waals surface area contributed by atoms with Crippen LogP contribution in [-0.4, -0.2) is 17.0 Å². The van der Waals surface area contributed by atoms with Gasteiger partial charge >= 0.3 is 0 Å². The first-order valence-electron chi connectivity index (χ1n) is 3.92. The van der Waals surface area contributed by atoms with Crippen LogP contribution in [0.4, 0.5) is 0 Å². The summed E-state index contributed by atoms with van der Waals surface area (Å²) in [5, 5.41) is 11.0. The summed E-state index contributed by atoms with van der Waals surface area (Å²) < 4.78 is 0. The van der Waals surface area contributed by atoms with Crippen molar-refractivity contribution in [2.75, 3.05) is 0 Å². The van der Waals surface area contributed by atoms with Gasteiger partial charge in [0.2, 0.25) is 0 Å². The van der Waals surface area contributed by atoms with Crippen LogP contribution in [-0.2, 0) is 0 Å². The van der Waals surface area contributed by atoms with E-state index in [0.717, 1.165) is 4.88 Å². The highest BCUT2D eigenvalue weighted by atomic mass is 32.1. The number of carbonyl (C=O) groups is 1. The van der Waals surface area contributed by atoms with Gasteiger partial charge in [-0.1, -0.05) is 6.92 Å². The number of aliphatic hydroxyl groups is 1. The monoisotopic (exact) mass is 184 g/mol. The van der Waals surface area contributed by atoms with Crippen LogP contribution >= 0.6 is 11.3 Å². The first-order valence-corrected chi connectivity index (χ1v) is 4.80. The van der Waals surface area contributed by atoms with E-state index < -0.39 is 6.10 Å². The second-order valence-corrected chi connectivity index (χ2v) is 3.85. The molecule has 0 aromatic carbocycles. The molecule has 1 heterocycles. The smallest absolute Gasteiger partial charge is 0.192 e. The molecule has 1 atom stereocenters. The summed E-state index contributed by atoms with van der Waals surface area (Å²) in [5.41, 5.74) is 0.631. The maximum Gasteiger partial charge on any atom is 0.192 e. The van der Waals surface area contributed by atoms with E-state index >= 15 is 0 Å². The van der Waals surface area contributed by atoms with Crippen LogP contribution in [0.25, 0.3) is 0 Å². The zero-order valence-corrected chi connectivity index (χ0v) is 8.02. The van der Waals surface area contributed by atoms with Crippen LogP contribution in [0.2, 0.25) is 0 Å². The summed E-state index contributed by atoms with van der Waals surface area (Å²) in [5.74, 6) is -0.165. The molecule has 1 aromatic heterocycles. The van der Waals surface area contributed by atoms with Crippen molar-refractivity contribution in [3.05, 3.63) is 21.9 Å². The van der Waals surface area contributed by atoms with Crippen LogP contribution < -0.4 is 0 Å². The number of aryl methyl sites for hydroxylation is 1. The van der Waals surface area contributed by atoms with Crippen LogP contribution in [0.1, 0.15) is 28.6 Å². The molecule has 0 fully saturated rings. The van der Waals surface area contributed by atoms with Crippen LogP contribution in [0.15, 0.2) is 11.4 Å². The Morgan fingerprint density at radius 2 is 2.42 bits per heavy atom. The zero-order valence-electron chi connectivity index (χ0n) is 7.20. The third-order valence-corrected chi connectivity index (χ3v) is 2.57. The van der Waals surface area contributed by atoms with E-state index in [9.17, 15) is 9.90 Å². The van der Waals surface area contributed by atoms with E-state index in [1.54, 1.807) is 12.3 Å². The SMILES string of the molecule is CCC(O)C(=O)c1csc(C)c1. The Hall–Kier alpha value is -0.670. The van der Waals surface area contributed by atoms with Crippen molar-refractivity contribution >= 4 is 17.1 Å². The molecule has 66 valence electrons. The third-order valence-electron chi connectivity index (χ3n) is 1.70. The molecule has 0 aliphatic heterocycles. The first kappa shape index (κ1) is 9.42. The summed E-state index contributed by atoms with van der Waals surface area (Å²) in [4.78, 5) is 12.4.